The zero-order valence-electron chi connectivity index (χ0n) is 9.90. The van der Waals surface area contributed by atoms with Crippen LogP contribution in [0.4, 0.5) is 10.2 Å². The number of hydrogen-bond acceptors (Lipinski definition) is 4. The molecule has 19 heavy (non-hydrogen) atoms. The molecule has 0 saturated carbocycles. The molecular formula is C12H10BrFIN3O. The van der Waals surface area contributed by atoms with E-state index in [0.717, 1.165) is 9.13 Å². The molecule has 4 nitrogen and oxygen atoms in total. The first-order valence-electron chi connectivity index (χ1n) is 5.37. The van der Waals surface area contributed by atoms with Gasteiger partial charge in [0.2, 0.25) is 0 Å². The summed E-state index contributed by atoms with van der Waals surface area (Å²) in [4.78, 5) is 8.03. The molecule has 1 aromatic heterocycles. The summed E-state index contributed by atoms with van der Waals surface area (Å²) >= 11 is 5.33. The average Bonchev–Trinajstić information content (AvgIpc) is 2.36. The van der Waals surface area contributed by atoms with Crippen LogP contribution in [0, 0.1) is 9.39 Å². The molecule has 0 aliphatic heterocycles. The Kier molecular flexibility index (Phi) is 4.56. The van der Waals surface area contributed by atoms with Gasteiger partial charge >= 0.3 is 0 Å². The number of nitrogens with zero attached hydrogens (tertiary/aromatic N) is 2. The molecule has 1 heterocycles. The minimum absolute atomic E-state index is 0.196. The molecule has 0 saturated heterocycles. The molecule has 2 rings (SSSR count). The van der Waals surface area contributed by atoms with Crippen LogP contribution in [0.25, 0.3) is 0 Å². The number of rotatable bonds is 3. The number of benzene rings is 1. The number of hydrogen-bond donors (Lipinski definition) is 1. The number of nitrogens with two attached hydrogens (primary N) is 1. The van der Waals surface area contributed by atoms with E-state index in [1.165, 1.54) is 18.3 Å². The quantitative estimate of drug-likeness (QED) is 0.743. The van der Waals surface area contributed by atoms with Crippen LogP contribution in [0.1, 0.15) is 18.6 Å². The lowest BCUT2D eigenvalue weighted by molar-refractivity contribution is 0.216. The van der Waals surface area contributed by atoms with E-state index in [2.05, 4.69) is 48.5 Å². The third-order valence-electron chi connectivity index (χ3n) is 2.42. The number of ether oxygens (including phenoxy) is 1. The second kappa shape index (κ2) is 6.00. The third-order valence-corrected chi connectivity index (χ3v) is 3.79. The Labute approximate surface area is 131 Å². The van der Waals surface area contributed by atoms with E-state index >= 15 is 0 Å². The van der Waals surface area contributed by atoms with Crippen LogP contribution < -0.4 is 10.5 Å². The maximum atomic E-state index is 13.3. The zero-order chi connectivity index (χ0) is 14.0. The van der Waals surface area contributed by atoms with Gasteiger partial charge in [0, 0.05) is 9.13 Å². The van der Waals surface area contributed by atoms with Gasteiger partial charge in [-0.1, -0.05) is 0 Å². The van der Waals surface area contributed by atoms with E-state index in [1.54, 1.807) is 13.0 Å². The molecule has 0 bridgehead atoms. The van der Waals surface area contributed by atoms with Gasteiger partial charge < -0.3 is 10.5 Å². The fourth-order valence-electron chi connectivity index (χ4n) is 1.50. The lowest BCUT2D eigenvalue weighted by Crippen LogP contribution is -2.09. The molecule has 0 aliphatic rings. The van der Waals surface area contributed by atoms with Gasteiger partial charge in [-0.25, -0.2) is 14.4 Å². The van der Waals surface area contributed by atoms with Gasteiger partial charge in [-0.2, -0.15) is 0 Å². The molecule has 1 aromatic carbocycles. The number of nitrogen functional groups attached to an aromatic ring is 1. The summed E-state index contributed by atoms with van der Waals surface area (Å²) in [7, 11) is 0. The summed E-state index contributed by atoms with van der Waals surface area (Å²) in [6, 6.07) is 4.54. The molecule has 1 atom stereocenters. The van der Waals surface area contributed by atoms with Gasteiger partial charge in [0.05, 0.1) is 6.20 Å². The monoisotopic (exact) mass is 437 g/mol. The zero-order valence-corrected chi connectivity index (χ0v) is 13.6. The largest absolute Gasteiger partial charge is 0.467 e. The van der Waals surface area contributed by atoms with Crippen molar-refractivity contribution >= 4 is 44.3 Å². The SMILES string of the molecule is C[C@@H](Oc1nc(Br)cnc1N)c1cc(F)ccc1I. The van der Waals surface area contributed by atoms with Crippen LogP contribution in [0.3, 0.4) is 0 Å². The van der Waals surface area contributed by atoms with Crippen LogP contribution in [-0.2, 0) is 0 Å². The Morgan fingerprint density at radius 2 is 2.21 bits per heavy atom. The van der Waals surface area contributed by atoms with E-state index in [9.17, 15) is 4.39 Å². The minimum atomic E-state index is -0.381. The van der Waals surface area contributed by atoms with Crippen molar-refractivity contribution in [3.8, 4) is 5.88 Å². The van der Waals surface area contributed by atoms with Crippen molar-refractivity contribution in [1.29, 1.82) is 0 Å². The first kappa shape index (κ1) is 14.4. The second-order valence-electron chi connectivity index (χ2n) is 3.81. The molecule has 2 aromatic rings. The number of halogens is 3. The highest BCUT2D eigenvalue weighted by Crippen LogP contribution is 2.28. The van der Waals surface area contributed by atoms with E-state index in [4.69, 9.17) is 10.5 Å². The van der Waals surface area contributed by atoms with Crippen molar-refractivity contribution in [3.63, 3.8) is 0 Å². The number of aromatic nitrogens is 2. The maximum Gasteiger partial charge on any atom is 0.258 e. The lowest BCUT2D eigenvalue weighted by Gasteiger charge is -2.16. The standard InChI is InChI=1S/C12H10BrFIN3O/c1-6(8-4-7(14)2-3-9(8)15)19-12-11(16)17-5-10(13)18-12/h2-6H,1H3,(H2,16,17)/t6-/m1/s1. The summed E-state index contributed by atoms with van der Waals surface area (Å²) < 4.78 is 20.4. The topological polar surface area (TPSA) is 61.0 Å². The van der Waals surface area contributed by atoms with Gasteiger partial charge in [-0.3, -0.25) is 0 Å². The first-order chi connectivity index (χ1) is 8.97. The Bertz CT molecular complexity index is 612. The normalized spacial score (nSPS) is 12.2. The molecule has 0 fully saturated rings. The van der Waals surface area contributed by atoms with E-state index in [1.807, 2.05) is 0 Å². The van der Waals surface area contributed by atoms with Gasteiger partial charge in [0.25, 0.3) is 5.88 Å². The van der Waals surface area contributed by atoms with Crippen molar-refractivity contribution in [2.75, 3.05) is 5.73 Å². The summed E-state index contributed by atoms with van der Waals surface area (Å²) in [5.74, 6) is 0.113. The molecule has 0 unspecified atom stereocenters. The van der Waals surface area contributed by atoms with Gasteiger partial charge in [-0.05, 0) is 63.6 Å². The third kappa shape index (κ3) is 3.53. The summed E-state index contributed by atoms with van der Waals surface area (Å²) in [5, 5.41) is 0. The Hall–Kier alpha value is -0.960. The fraction of sp³-hybridized carbons (Fsp3) is 0.167. The maximum absolute atomic E-state index is 13.3. The van der Waals surface area contributed by atoms with Crippen molar-refractivity contribution in [2.24, 2.45) is 0 Å². The molecule has 0 amide bonds. The van der Waals surface area contributed by atoms with Crippen molar-refractivity contribution < 1.29 is 9.13 Å². The smallest absolute Gasteiger partial charge is 0.258 e. The Morgan fingerprint density at radius 3 is 2.95 bits per heavy atom. The Morgan fingerprint density at radius 1 is 1.47 bits per heavy atom. The molecule has 7 heteroatoms. The minimum Gasteiger partial charge on any atom is -0.467 e. The highest BCUT2D eigenvalue weighted by Gasteiger charge is 2.15. The predicted octanol–water partition coefficient (Wildman–Crippen LogP) is 3.71. The highest BCUT2D eigenvalue weighted by molar-refractivity contribution is 14.1. The molecule has 0 aliphatic carbocycles. The van der Waals surface area contributed by atoms with E-state index in [0.29, 0.717) is 4.60 Å². The average molecular weight is 438 g/mol. The van der Waals surface area contributed by atoms with Gasteiger partial charge in [0.1, 0.15) is 16.5 Å². The molecule has 0 radical (unpaired) electrons. The lowest BCUT2D eigenvalue weighted by atomic mass is 10.1. The molecular weight excluding hydrogens is 428 g/mol. The molecule has 2 N–H and O–H groups in total. The van der Waals surface area contributed by atoms with E-state index < -0.39 is 0 Å². The Balaban J connectivity index is 2.27. The van der Waals surface area contributed by atoms with Crippen molar-refractivity contribution in [3.05, 3.63) is 43.9 Å². The van der Waals surface area contributed by atoms with Gasteiger partial charge in [-0.15, -0.1) is 0 Å². The van der Waals surface area contributed by atoms with Gasteiger partial charge in [0.15, 0.2) is 5.82 Å². The summed E-state index contributed by atoms with van der Waals surface area (Å²) in [5.41, 5.74) is 6.43. The summed E-state index contributed by atoms with van der Waals surface area (Å²) in [6.45, 7) is 1.80. The van der Waals surface area contributed by atoms with Crippen LogP contribution in [0.5, 0.6) is 5.88 Å². The van der Waals surface area contributed by atoms with Crippen LogP contribution in [0.15, 0.2) is 29.0 Å². The second-order valence-corrected chi connectivity index (χ2v) is 5.78. The van der Waals surface area contributed by atoms with Crippen molar-refractivity contribution in [1.82, 2.24) is 9.97 Å². The van der Waals surface area contributed by atoms with Crippen LogP contribution in [-0.4, -0.2) is 9.97 Å². The van der Waals surface area contributed by atoms with E-state index in [-0.39, 0.29) is 23.6 Å². The molecule has 100 valence electrons. The fourth-order valence-corrected chi connectivity index (χ4v) is 2.54. The van der Waals surface area contributed by atoms with Crippen LogP contribution in [0.2, 0.25) is 0 Å². The number of anilines is 1. The molecule has 0 spiro atoms. The summed E-state index contributed by atoms with van der Waals surface area (Å²) in [6.07, 6.45) is 1.10. The van der Waals surface area contributed by atoms with Crippen LogP contribution >= 0.6 is 38.5 Å². The van der Waals surface area contributed by atoms with Crippen molar-refractivity contribution in [2.45, 2.75) is 13.0 Å². The predicted molar refractivity (Wildman–Crippen MR) is 82.3 cm³/mol. The first-order valence-corrected chi connectivity index (χ1v) is 7.24. The highest BCUT2D eigenvalue weighted by atomic mass is 127.